The van der Waals surface area contributed by atoms with Crippen LogP contribution in [0.1, 0.15) is 19.4 Å². The minimum absolute atomic E-state index is 0.0129. The summed E-state index contributed by atoms with van der Waals surface area (Å²) in [4.78, 5) is 0. The van der Waals surface area contributed by atoms with Gasteiger partial charge in [-0.1, -0.05) is 12.1 Å². The Hall–Kier alpha value is -1.06. The minimum Gasteiger partial charge on any atom is -0.497 e. The zero-order valence-electron chi connectivity index (χ0n) is 10.2. The summed E-state index contributed by atoms with van der Waals surface area (Å²) in [7, 11) is 1.69. The van der Waals surface area contributed by atoms with Gasteiger partial charge >= 0.3 is 0 Å². The molecule has 0 aliphatic carbocycles. The number of nitrogens with one attached hydrogen (secondary N) is 2. The maximum Gasteiger partial charge on any atom is 0.118 e. The third-order valence-electron chi connectivity index (χ3n) is 3.16. The highest BCUT2D eigenvalue weighted by Crippen LogP contribution is 2.23. The predicted octanol–water partition coefficient (Wildman–Crippen LogP) is 1.49. The largest absolute Gasteiger partial charge is 0.497 e. The van der Waals surface area contributed by atoms with Crippen molar-refractivity contribution >= 4 is 0 Å². The van der Waals surface area contributed by atoms with Crippen molar-refractivity contribution < 1.29 is 4.74 Å². The summed E-state index contributed by atoms with van der Waals surface area (Å²) in [6.45, 7) is 6.57. The fourth-order valence-electron chi connectivity index (χ4n) is 1.99. The zero-order chi connectivity index (χ0) is 11.6. The molecule has 88 valence electrons. The summed E-state index contributed by atoms with van der Waals surface area (Å²) >= 11 is 0. The Balaban J connectivity index is 2.07. The second-order valence-electron chi connectivity index (χ2n) is 4.85. The van der Waals surface area contributed by atoms with Gasteiger partial charge < -0.3 is 15.4 Å². The lowest BCUT2D eigenvalue weighted by Gasteiger charge is -2.37. The Labute approximate surface area is 97.2 Å². The molecule has 1 aliphatic heterocycles. The van der Waals surface area contributed by atoms with Gasteiger partial charge in [-0.2, -0.15) is 0 Å². The maximum absolute atomic E-state index is 5.16. The molecule has 1 heterocycles. The third-order valence-corrected chi connectivity index (χ3v) is 3.16. The van der Waals surface area contributed by atoms with E-state index in [1.165, 1.54) is 5.56 Å². The van der Waals surface area contributed by atoms with E-state index in [1.54, 1.807) is 7.11 Å². The van der Waals surface area contributed by atoms with Gasteiger partial charge in [0.1, 0.15) is 5.75 Å². The molecule has 0 spiro atoms. The van der Waals surface area contributed by atoms with E-state index in [4.69, 9.17) is 4.74 Å². The third kappa shape index (κ3) is 2.36. The first-order chi connectivity index (χ1) is 7.62. The molecule has 0 unspecified atom stereocenters. The van der Waals surface area contributed by atoms with Gasteiger partial charge in [0, 0.05) is 24.7 Å². The van der Waals surface area contributed by atoms with Crippen LogP contribution in [0.2, 0.25) is 0 Å². The van der Waals surface area contributed by atoms with Crippen LogP contribution in [0.3, 0.4) is 0 Å². The number of ether oxygens (including phenoxy) is 1. The molecule has 0 saturated carbocycles. The number of hydrogen-bond acceptors (Lipinski definition) is 3. The zero-order valence-corrected chi connectivity index (χ0v) is 10.2. The fraction of sp³-hybridized carbons (Fsp3) is 0.538. The highest BCUT2D eigenvalue weighted by molar-refractivity contribution is 5.31. The van der Waals surface area contributed by atoms with Crippen LogP contribution in [0.25, 0.3) is 0 Å². The molecule has 3 nitrogen and oxygen atoms in total. The average Bonchev–Trinajstić information content (AvgIpc) is 2.24. The van der Waals surface area contributed by atoms with Crippen LogP contribution in [-0.2, 0) is 5.54 Å². The van der Waals surface area contributed by atoms with Gasteiger partial charge in [0.05, 0.1) is 7.11 Å². The summed E-state index contributed by atoms with van der Waals surface area (Å²) in [5.74, 6) is 0.907. The number of rotatable bonds is 4. The smallest absolute Gasteiger partial charge is 0.118 e. The number of benzene rings is 1. The molecule has 0 aromatic heterocycles. The van der Waals surface area contributed by atoms with Gasteiger partial charge in [-0.15, -0.1) is 0 Å². The van der Waals surface area contributed by atoms with Crippen molar-refractivity contribution in [1.29, 1.82) is 0 Å². The normalized spacial score (nSPS) is 16.9. The number of methoxy groups -OCH3 is 1. The topological polar surface area (TPSA) is 33.3 Å². The Morgan fingerprint density at radius 1 is 1.25 bits per heavy atom. The van der Waals surface area contributed by atoms with Crippen LogP contribution in [0.15, 0.2) is 24.3 Å². The van der Waals surface area contributed by atoms with Crippen LogP contribution in [-0.4, -0.2) is 26.2 Å². The molecule has 2 rings (SSSR count). The van der Waals surface area contributed by atoms with E-state index in [0.717, 1.165) is 18.8 Å². The first-order valence-corrected chi connectivity index (χ1v) is 5.75. The van der Waals surface area contributed by atoms with E-state index in [-0.39, 0.29) is 5.54 Å². The van der Waals surface area contributed by atoms with Crippen molar-refractivity contribution in [1.82, 2.24) is 10.6 Å². The highest BCUT2D eigenvalue weighted by atomic mass is 16.5. The first-order valence-electron chi connectivity index (χ1n) is 5.75. The molecule has 0 amide bonds. The van der Waals surface area contributed by atoms with E-state index in [9.17, 15) is 0 Å². The van der Waals surface area contributed by atoms with E-state index >= 15 is 0 Å². The summed E-state index contributed by atoms with van der Waals surface area (Å²) < 4.78 is 5.16. The van der Waals surface area contributed by atoms with Crippen molar-refractivity contribution in [3.8, 4) is 5.75 Å². The average molecular weight is 220 g/mol. The Morgan fingerprint density at radius 3 is 2.31 bits per heavy atom. The van der Waals surface area contributed by atoms with Gasteiger partial charge in [-0.25, -0.2) is 0 Å². The van der Waals surface area contributed by atoms with Crippen molar-refractivity contribution in [3.63, 3.8) is 0 Å². The fourth-order valence-corrected chi connectivity index (χ4v) is 1.99. The van der Waals surface area contributed by atoms with Crippen molar-refractivity contribution in [3.05, 3.63) is 29.8 Å². The quantitative estimate of drug-likeness (QED) is 0.806. The molecule has 2 N–H and O–H groups in total. The molecule has 0 bridgehead atoms. The summed E-state index contributed by atoms with van der Waals surface area (Å²) in [5, 5.41) is 6.91. The van der Waals surface area contributed by atoms with Crippen molar-refractivity contribution in [2.24, 2.45) is 0 Å². The van der Waals surface area contributed by atoms with Crippen LogP contribution < -0.4 is 15.4 Å². The minimum atomic E-state index is 0.0129. The molecule has 1 saturated heterocycles. The van der Waals surface area contributed by atoms with Crippen molar-refractivity contribution in [2.45, 2.75) is 25.4 Å². The van der Waals surface area contributed by atoms with Crippen LogP contribution in [0.4, 0.5) is 0 Å². The lowest BCUT2D eigenvalue weighted by atomic mass is 9.92. The molecule has 16 heavy (non-hydrogen) atoms. The molecule has 1 aromatic carbocycles. The van der Waals surface area contributed by atoms with E-state index in [0.29, 0.717) is 6.04 Å². The second-order valence-corrected chi connectivity index (χ2v) is 4.85. The van der Waals surface area contributed by atoms with Gasteiger partial charge in [-0.3, -0.25) is 0 Å². The molecule has 0 atom stereocenters. The van der Waals surface area contributed by atoms with Gasteiger partial charge in [0.2, 0.25) is 0 Å². The molecular formula is C13H20N2O. The van der Waals surface area contributed by atoms with Crippen LogP contribution in [0.5, 0.6) is 5.75 Å². The molecule has 0 radical (unpaired) electrons. The molecule has 1 aromatic rings. The Morgan fingerprint density at radius 2 is 1.88 bits per heavy atom. The summed E-state index contributed by atoms with van der Waals surface area (Å²) in [6.07, 6.45) is 0. The summed E-state index contributed by atoms with van der Waals surface area (Å²) in [5.41, 5.74) is 1.30. The molecule has 1 aliphatic rings. The van der Waals surface area contributed by atoms with Crippen LogP contribution >= 0.6 is 0 Å². The monoisotopic (exact) mass is 220 g/mol. The number of hydrogen-bond donors (Lipinski definition) is 2. The highest BCUT2D eigenvalue weighted by Gasteiger charge is 2.27. The lowest BCUT2D eigenvalue weighted by Crippen LogP contribution is -2.59. The maximum atomic E-state index is 5.16. The molecule has 3 heteroatoms. The standard InChI is InChI=1S/C13H20N2O/c1-13(2,15-11-8-14-9-11)10-4-6-12(16-3)7-5-10/h4-7,11,14-15H,8-9H2,1-3H3. The SMILES string of the molecule is COc1ccc(C(C)(C)NC2CNC2)cc1. The van der Waals surface area contributed by atoms with Gasteiger partial charge in [-0.05, 0) is 31.5 Å². The molecular weight excluding hydrogens is 200 g/mol. The van der Waals surface area contributed by atoms with Gasteiger partial charge in [0.25, 0.3) is 0 Å². The Bertz CT molecular complexity index is 341. The van der Waals surface area contributed by atoms with Gasteiger partial charge in [0.15, 0.2) is 0 Å². The predicted molar refractivity (Wildman–Crippen MR) is 65.8 cm³/mol. The summed E-state index contributed by atoms with van der Waals surface area (Å²) in [6, 6.07) is 8.86. The first kappa shape index (κ1) is 11.4. The van der Waals surface area contributed by atoms with E-state index in [2.05, 4.69) is 36.6 Å². The Kier molecular flexibility index (Phi) is 3.17. The van der Waals surface area contributed by atoms with E-state index < -0.39 is 0 Å². The van der Waals surface area contributed by atoms with Crippen molar-refractivity contribution in [2.75, 3.05) is 20.2 Å². The van der Waals surface area contributed by atoms with Crippen LogP contribution in [0, 0.1) is 0 Å². The van der Waals surface area contributed by atoms with E-state index in [1.807, 2.05) is 12.1 Å². The molecule has 1 fully saturated rings. The second kappa shape index (κ2) is 4.44. The lowest BCUT2D eigenvalue weighted by molar-refractivity contribution is 0.273.